The predicted molar refractivity (Wildman–Crippen MR) is 169 cm³/mol. The Balaban J connectivity index is 1.42. The van der Waals surface area contributed by atoms with Gasteiger partial charge in [0.05, 0.1) is 16.8 Å². The second kappa shape index (κ2) is 13.3. The first kappa shape index (κ1) is 30.3. The fraction of sp³-hybridized carbons (Fsp3) is 0.333. The molecule has 3 N–H and O–H groups in total. The number of likely N-dealkylation sites (tertiary alicyclic amines) is 1. The summed E-state index contributed by atoms with van der Waals surface area (Å²) in [6.45, 7) is 16.9. The zero-order chi connectivity index (χ0) is 30.3. The molecule has 9 nitrogen and oxygen atoms in total. The van der Waals surface area contributed by atoms with Gasteiger partial charge in [0.15, 0.2) is 0 Å². The molecule has 2 aliphatic heterocycles. The van der Waals surface area contributed by atoms with Crippen LogP contribution >= 0.6 is 0 Å². The SMILES string of the molecule is C=C/C=C\C(C)C1(C)C(C)=NC(C(N)=O)=CC1=NC(=C)c1ccc(CN2CCC(Nc3ccnc(C#N)n3)CC2)cc1. The molecule has 1 fully saturated rings. The summed E-state index contributed by atoms with van der Waals surface area (Å²) in [5, 5.41) is 12.5. The van der Waals surface area contributed by atoms with E-state index in [9.17, 15) is 4.79 Å². The van der Waals surface area contributed by atoms with Crippen LogP contribution in [-0.2, 0) is 11.3 Å². The highest BCUT2D eigenvalue weighted by Gasteiger charge is 2.40. The van der Waals surface area contributed by atoms with Crippen LogP contribution in [0.2, 0.25) is 0 Å². The van der Waals surface area contributed by atoms with Crippen molar-refractivity contribution in [2.24, 2.45) is 27.1 Å². The lowest BCUT2D eigenvalue weighted by molar-refractivity contribution is -0.114. The lowest BCUT2D eigenvalue weighted by Crippen LogP contribution is -2.42. The molecule has 0 aliphatic carbocycles. The van der Waals surface area contributed by atoms with E-state index in [0.29, 0.717) is 23.3 Å². The monoisotopic (exact) mass is 562 g/mol. The minimum Gasteiger partial charge on any atom is -0.367 e. The molecule has 2 atom stereocenters. The number of benzene rings is 1. The number of allylic oxidation sites excluding steroid dienone is 4. The Labute approximate surface area is 248 Å². The molecule has 9 heteroatoms. The molecule has 2 aliphatic rings. The summed E-state index contributed by atoms with van der Waals surface area (Å²) in [7, 11) is 0. The third-order valence-electron chi connectivity index (χ3n) is 8.19. The van der Waals surface area contributed by atoms with Crippen LogP contribution in [-0.4, -0.2) is 51.3 Å². The van der Waals surface area contributed by atoms with Gasteiger partial charge in [-0.05, 0) is 55.9 Å². The number of nitriles is 1. The van der Waals surface area contributed by atoms with Crippen molar-refractivity contribution < 1.29 is 4.79 Å². The second-order valence-electron chi connectivity index (χ2n) is 10.9. The van der Waals surface area contributed by atoms with E-state index in [1.54, 1.807) is 24.4 Å². The molecule has 4 rings (SSSR count). The van der Waals surface area contributed by atoms with Gasteiger partial charge in [-0.25, -0.2) is 9.97 Å². The highest BCUT2D eigenvalue weighted by atomic mass is 16.1. The number of carbonyl (C=O) groups is 1. The molecule has 1 amide bonds. The third-order valence-corrected chi connectivity index (χ3v) is 8.19. The number of primary amides is 1. The van der Waals surface area contributed by atoms with Crippen molar-refractivity contribution in [3.05, 3.63) is 96.6 Å². The van der Waals surface area contributed by atoms with Gasteiger partial charge < -0.3 is 11.1 Å². The Morgan fingerprint density at radius 1 is 1.31 bits per heavy atom. The van der Waals surface area contributed by atoms with Crippen molar-refractivity contribution in [2.75, 3.05) is 18.4 Å². The fourth-order valence-electron chi connectivity index (χ4n) is 5.28. The van der Waals surface area contributed by atoms with Crippen LogP contribution < -0.4 is 11.1 Å². The van der Waals surface area contributed by atoms with Gasteiger partial charge in [0.1, 0.15) is 17.6 Å². The highest BCUT2D eigenvalue weighted by molar-refractivity contribution is 6.22. The number of nitrogens with two attached hydrogens (primary N) is 1. The smallest absolute Gasteiger partial charge is 0.267 e. The number of rotatable bonds is 10. The Hall–Kier alpha value is -4.68. The Bertz CT molecular complexity index is 1500. The zero-order valence-electron chi connectivity index (χ0n) is 24.5. The van der Waals surface area contributed by atoms with Gasteiger partial charge in [-0.15, -0.1) is 0 Å². The number of hydrogen-bond donors (Lipinski definition) is 2. The zero-order valence-corrected chi connectivity index (χ0v) is 24.5. The van der Waals surface area contributed by atoms with Crippen LogP contribution in [0.5, 0.6) is 0 Å². The minimum absolute atomic E-state index is 0.0363. The van der Waals surface area contributed by atoms with Crippen molar-refractivity contribution in [1.29, 1.82) is 5.26 Å². The summed E-state index contributed by atoms with van der Waals surface area (Å²) in [6, 6.07) is 12.4. The molecule has 0 saturated carbocycles. The first-order chi connectivity index (χ1) is 20.1. The van der Waals surface area contributed by atoms with Crippen molar-refractivity contribution in [3.63, 3.8) is 0 Å². The molecule has 1 aromatic heterocycles. The predicted octanol–water partition coefficient (Wildman–Crippen LogP) is 5.06. The van der Waals surface area contributed by atoms with Crippen LogP contribution in [0.15, 0.2) is 89.7 Å². The molecule has 42 heavy (non-hydrogen) atoms. The van der Waals surface area contributed by atoms with E-state index in [1.807, 2.05) is 31.2 Å². The molecule has 216 valence electrons. The van der Waals surface area contributed by atoms with Crippen LogP contribution in [0.1, 0.15) is 50.6 Å². The standard InChI is InChI=1S/C33H38N8O/c1-6-7-8-22(2)33(5)24(4)38-28(32(35)42)19-29(33)37-23(3)26-11-9-25(10-12-26)21-41-17-14-27(15-18-41)39-30-13-16-36-31(20-34)40-30/h6-13,16,19,22,27H,1,3,14-15,17-18,21H2,2,4-5H3,(H2,35,42)(H,36,39,40)/b8-7-,37-29?. The van der Waals surface area contributed by atoms with E-state index in [-0.39, 0.29) is 17.4 Å². The third kappa shape index (κ3) is 6.96. The fourth-order valence-corrected chi connectivity index (χ4v) is 5.28. The van der Waals surface area contributed by atoms with E-state index in [0.717, 1.165) is 43.8 Å². The number of nitrogens with one attached hydrogen (secondary N) is 1. The maximum Gasteiger partial charge on any atom is 0.267 e. The van der Waals surface area contributed by atoms with Gasteiger partial charge in [-0.3, -0.25) is 19.7 Å². The van der Waals surface area contributed by atoms with Gasteiger partial charge >= 0.3 is 0 Å². The molecular formula is C33H38N8O. The average molecular weight is 563 g/mol. The molecule has 1 saturated heterocycles. The van der Waals surface area contributed by atoms with Crippen LogP contribution in [0.25, 0.3) is 5.70 Å². The normalized spacial score (nSPS) is 21.3. The minimum atomic E-state index is -0.588. The van der Waals surface area contributed by atoms with Crippen molar-refractivity contribution in [1.82, 2.24) is 14.9 Å². The van der Waals surface area contributed by atoms with Gasteiger partial charge in [-0.2, -0.15) is 5.26 Å². The van der Waals surface area contributed by atoms with E-state index >= 15 is 0 Å². The molecule has 0 spiro atoms. The van der Waals surface area contributed by atoms with Gasteiger partial charge in [0.25, 0.3) is 5.91 Å². The maximum atomic E-state index is 12.0. The van der Waals surface area contributed by atoms with Gasteiger partial charge in [-0.1, -0.05) is 62.6 Å². The number of piperidine rings is 1. The quantitative estimate of drug-likeness (QED) is 0.389. The number of aromatic nitrogens is 2. The Kier molecular flexibility index (Phi) is 9.60. The van der Waals surface area contributed by atoms with E-state index in [1.165, 1.54) is 5.56 Å². The number of anilines is 1. The summed E-state index contributed by atoms with van der Waals surface area (Å²) >= 11 is 0. The Morgan fingerprint density at radius 3 is 2.67 bits per heavy atom. The van der Waals surface area contributed by atoms with Crippen molar-refractivity contribution in [2.45, 2.75) is 46.2 Å². The first-order valence-corrected chi connectivity index (χ1v) is 14.1. The first-order valence-electron chi connectivity index (χ1n) is 14.1. The molecule has 3 heterocycles. The summed E-state index contributed by atoms with van der Waals surface area (Å²) in [6.07, 6.45) is 11.0. The van der Waals surface area contributed by atoms with Gasteiger partial charge in [0, 0.05) is 37.6 Å². The number of amides is 1. The molecule has 2 unspecified atom stereocenters. The lowest BCUT2D eigenvalue weighted by atomic mass is 9.69. The molecule has 0 radical (unpaired) electrons. The summed E-state index contributed by atoms with van der Waals surface area (Å²) in [5.41, 5.74) is 9.41. The number of hydrogen-bond acceptors (Lipinski definition) is 8. The van der Waals surface area contributed by atoms with E-state index < -0.39 is 11.3 Å². The van der Waals surface area contributed by atoms with Crippen LogP contribution in [0.3, 0.4) is 0 Å². The average Bonchev–Trinajstić information content (AvgIpc) is 2.99. The highest BCUT2D eigenvalue weighted by Crippen LogP contribution is 2.37. The number of nitrogens with zero attached hydrogens (tertiary/aromatic N) is 6. The van der Waals surface area contributed by atoms with E-state index in [4.69, 9.17) is 16.0 Å². The number of aliphatic imine (C=N–C) groups is 2. The van der Waals surface area contributed by atoms with Crippen molar-refractivity contribution >= 4 is 28.8 Å². The second-order valence-corrected chi connectivity index (χ2v) is 10.9. The largest absolute Gasteiger partial charge is 0.367 e. The Morgan fingerprint density at radius 2 is 2.02 bits per heavy atom. The van der Waals surface area contributed by atoms with Crippen molar-refractivity contribution in [3.8, 4) is 6.07 Å². The lowest BCUT2D eigenvalue weighted by Gasteiger charge is -2.37. The van der Waals surface area contributed by atoms with E-state index in [2.05, 4.69) is 70.4 Å². The molecule has 0 bridgehead atoms. The van der Waals surface area contributed by atoms with Crippen LogP contribution in [0.4, 0.5) is 5.82 Å². The maximum absolute atomic E-state index is 12.0. The van der Waals surface area contributed by atoms with Crippen LogP contribution in [0, 0.1) is 22.7 Å². The molecule has 1 aromatic carbocycles. The summed E-state index contributed by atoms with van der Waals surface area (Å²) in [5.74, 6) is 0.317. The van der Waals surface area contributed by atoms with Gasteiger partial charge in [0.2, 0.25) is 5.82 Å². The summed E-state index contributed by atoms with van der Waals surface area (Å²) in [4.78, 5) is 32.0. The summed E-state index contributed by atoms with van der Waals surface area (Å²) < 4.78 is 0. The number of carbonyl (C=O) groups excluding carboxylic acids is 1. The molecular weight excluding hydrogens is 524 g/mol. The topological polar surface area (TPSA) is 133 Å². The molecule has 2 aromatic rings.